The van der Waals surface area contributed by atoms with Crippen molar-refractivity contribution in [1.82, 2.24) is 5.32 Å². The van der Waals surface area contributed by atoms with Crippen LogP contribution >= 0.6 is 0 Å². The second-order valence-electron chi connectivity index (χ2n) is 7.82. The van der Waals surface area contributed by atoms with E-state index < -0.39 is 35.5 Å². The molecular formula is C25H17F3N2O3. The number of hydrogen-bond donors (Lipinski definition) is 1. The highest BCUT2D eigenvalue weighted by Crippen LogP contribution is 2.37. The van der Waals surface area contributed by atoms with Crippen LogP contribution in [-0.4, -0.2) is 23.8 Å². The molecule has 1 N–H and O–H groups in total. The maximum atomic E-state index is 13.2. The number of hydrogen-bond acceptors (Lipinski definition) is 4. The third-order valence-corrected chi connectivity index (χ3v) is 5.33. The highest BCUT2D eigenvalue weighted by Gasteiger charge is 2.35. The van der Waals surface area contributed by atoms with Crippen molar-refractivity contribution in [2.75, 3.05) is 6.61 Å². The highest BCUT2D eigenvalue weighted by atomic mass is 19.4. The van der Waals surface area contributed by atoms with Crippen molar-refractivity contribution in [1.29, 1.82) is 5.26 Å². The molecule has 0 saturated heterocycles. The summed E-state index contributed by atoms with van der Waals surface area (Å²) in [4.78, 5) is 25.5. The third kappa shape index (κ3) is 4.17. The van der Waals surface area contributed by atoms with Crippen molar-refractivity contribution in [3.8, 4) is 22.9 Å². The van der Waals surface area contributed by atoms with E-state index in [-0.39, 0.29) is 11.3 Å². The van der Waals surface area contributed by atoms with Gasteiger partial charge in [0.2, 0.25) is 0 Å². The van der Waals surface area contributed by atoms with Gasteiger partial charge in [0, 0.05) is 16.7 Å². The number of para-hydroxylation sites is 1. The largest absolute Gasteiger partial charge is 0.489 e. The Morgan fingerprint density at radius 3 is 2.30 bits per heavy atom. The minimum Gasteiger partial charge on any atom is -0.489 e. The lowest BCUT2D eigenvalue weighted by Gasteiger charge is -2.24. The molecule has 1 unspecified atom stereocenters. The van der Waals surface area contributed by atoms with Crippen LogP contribution in [0.15, 0.2) is 66.7 Å². The number of nitrogens with one attached hydrogen (secondary N) is 1. The molecule has 1 atom stereocenters. The van der Waals surface area contributed by atoms with Crippen LogP contribution in [0.4, 0.5) is 13.2 Å². The lowest BCUT2D eigenvalue weighted by molar-refractivity contribution is -0.139. The number of carbonyl (C=O) groups excluding carboxylic acids is 2. The second kappa shape index (κ2) is 8.10. The zero-order valence-corrected chi connectivity index (χ0v) is 17.4. The van der Waals surface area contributed by atoms with Crippen LogP contribution in [0.25, 0.3) is 11.1 Å². The van der Waals surface area contributed by atoms with Gasteiger partial charge in [-0.25, -0.2) is 0 Å². The Morgan fingerprint density at radius 2 is 1.61 bits per heavy atom. The van der Waals surface area contributed by atoms with Crippen LogP contribution in [0.2, 0.25) is 0 Å². The number of amides is 1. The van der Waals surface area contributed by atoms with Crippen LogP contribution in [0.3, 0.4) is 0 Å². The van der Waals surface area contributed by atoms with Crippen molar-refractivity contribution in [2.45, 2.75) is 18.6 Å². The number of nitrogens with zero attached hydrogens (tertiary/aromatic N) is 1. The van der Waals surface area contributed by atoms with Gasteiger partial charge in [0.05, 0.1) is 11.6 Å². The predicted octanol–water partition coefficient (Wildman–Crippen LogP) is 5.01. The van der Waals surface area contributed by atoms with E-state index in [1.54, 1.807) is 18.2 Å². The van der Waals surface area contributed by atoms with E-state index in [9.17, 15) is 28.0 Å². The molecule has 0 aliphatic heterocycles. The average Bonchev–Trinajstić information content (AvgIpc) is 3.09. The number of halogens is 3. The average molecular weight is 450 g/mol. The first-order valence-corrected chi connectivity index (χ1v) is 9.94. The van der Waals surface area contributed by atoms with Crippen LogP contribution in [0, 0.1) is 11.3 Å². The third-order valence-electron chi connectivity index (χ3n) is 5.33. The molecule has 1 aliphatic rings. The summed E-state index contributed by atoms with van der Waals surface area (Å²) in [7, 11) is 0. The Morgan fingerprint density at radius 1 is 0.970 bits per heavy atom. The van der Waals surface area contributed by atoms with E-state index in [4.69, 9.17) is 4.74 Å². The van der Waals surface area contributed by atoms with E-state index in [0.717, 1.165) is 17.7 Å². The zero-order chi connectivity index (χ0) is 23.8. The lowest BCUT2D eigenvalue weighted by Crippen LogP contribution is -2.49. The second-order valence-corrected chi connectivity index (χ2v) is 7.82. The molecular weight excluding hydrogens is 433 g/mol. The monoisotopic (exact) mass is 450 g/mol. The van der Waals surface area contributed by atoms with E-state index >= 15 is 0 Å². The van der Waals surface area contributed by atoms with Crippen molar-refractivity contribution < 1.29 is 27.5 Å². The van der Waals surface area contributed by atoms with E-state index in [0.29, 0.717) is 16.7 Å². The fraction of sp³-hybridized carbons (Fsp3) is 0.160. The van der Waals surface area contributed by atoms with Gasteiger partial charge in [-0.2, -0.15) is 18.4 Å². The Kier molecular flexibility index (Phi) is 5.42. The molecule has 4 rings (SSSR count). The van der Waals surface area contributed by atoms with Gasteiger partial charge in [-0.1, -0.05) is 42.5 Å². The number of fused-ring (bicyclic) bond motifs is 3. The predicted molar refractivity (Wildman–Crippen MR) is 114 cm³/mol. The molecule has 166 valence electrons. The molecule has 3 aromatic carbocycles. The van der Waals surface area contributed by atoms with Gasteiger partial charge in [-0.05, 0) is 42.3 Å². The van der Waals surface area contributed by atoms with E-state index in [1.165, 1.54) is 31.2 Å². The van der Waals surface area contributed by atoms with Gasteiger partial charge in [0.1, 0.15) is 12.4 Å². The molecule has 0 heterocycles. The van der Waals surface area contributed by atoms with Gasteiger partial charge >= 0.3 is 6.18 Å². The Hall–Kier alpha value is -4.12. The number of carbonyl (C=O) groups is 2. The molecule has 1 aliphatic carbocycles. The summed E-state index contributed by atoms with van der Waals surface area (Å²) in [6, 6.07) is 18.2. The van der Waals surface area contributed by atoms with Gasteiger partial charge < -0.3 is 10.1 Å². The van der Waals surface area contributed by atoms with Gasteiger partial charge in [-0.15, -0.1) is 0 Å². The van der Waals surface area contributed by atoms with E-state index in [1.807, 2.05) is 18.2 Å². The zero-order valence-electron chi connectivity index (χ0n) is 17.4. The van der Waals surface area contributed by atoms with Gasteiger partial charge in [0.25, 0.3) is 5.91 Å². The minimum atomic E-state index is -4.63. The summed E-state index contributed by atoms with van der Waals surface area (Å²) >= 11 is 0. The van der Waals surface area contributed by atoms with Crippen LogP contribution < -0.4 is 10.1 Å². The number of benzene rings is 3. The molecule has 5 nitrogen and oxygen atoms in total. The topological polar surface area (TPSA) is 79.2 Å². The molecule has 0 radical (unpaired) electrons. The molecule has 0 aromatic heterocycles. The van der Waals surface area contributed by atoms with Gasteiger partial charge in [-0.3, -0.25) is 9.59 Å². The van der Waals surface area contributed by atoms with Crippen LogP contribution in [0.1, 0.15) is 38.8 Å². The fourth-order valence-electron chi connectivity index (χ4n) is 3.64. The minimum absolute atomic E-state index is 0.145. The SMILES string of the molecule is CC(C#N)(COc1ccccc1C(F)(F)F)NC(=O)c1ccc2c(c1)C(=O)c1ccccc1-2. The van der Waals surface area contributed by atoms with Crippen molar-refractivity contribution in [3.05, 3.63) is 89.0 Å². The summed E-state index contributed by atoms with van der Waals surface area (Å²) < 4.78 is 44.8. The van der Waals surface area contributed by atoms with Crippen molar-refractivity contribution in [2.24, 2.45) is 0 Å². The first kappa shape index (κ1) is 22.1. The summed E-state index contributed by atoms with van der Waals surface area (Å²) in [5.74, 6) is -1.30. The number of rotatable bonds is 5. The number of ether oxygens (including phenoxy) is 1. The molecule has 0 saturated carbocycles. The highest BCUT2D eigenvalue weighted by molar-refractivity contribution is 6.22. The first-order valence-electron chi connectivity index (χ1n) is 9.94. The summed E-state index contributed by atoms with van der Waals surface area (Å²) in [5.41, 5.74) is -0.0471. The van der Waals surface area contributed by atoms with E-state index in [2.05, 4.69) is 5.32 Å². The quantitative estimate of drug-likeness (QED) is 0.464. The van der Waals surface area contributed by atoms with Crippen molar-refractivity contribution in [3.63, 3.8) is 0 Å². The first-order chi connectivity index (χ1) is 15.6. The smallest absolute Gasteiger partial charge is 0.419 e. The molecule has 0 spiro atoms. The number of alkyl halides is 3. The standard InChI is InChI=1S/C25H17F3N2O3/c1-24(13-29,14-33-21-9-5-4-8-20(21)25(26,27)28)30-23(32)15-10-11-17-16-6-2-3-7-18(16)22(31)19(17)12-15/h2-12H,14H2,1H3,(H,30,32). The normalized spacial score (nSPS) is 14.0. The summed E-state index contributed by atoms with van der Waals surface area (Å²) in [6.45, 7) is 0.827. The molecule has 33 heavy (non-hydrogen) atoms. The Balaban J connectivity index is 1.52. The molecule has 8 heteroatoms. The molecule has 0 bridgehead atoms. The summed E-state index contributed by atoms with van der Waals surface area (Å²) in [5, 5.41) is 12.1. The molecule has 0 fully saturated rings. The number of ketones is 1. The van der Waals surface area contributed by atoms with Crippen molar-refractivity contribution >= 4 is 11.7 Å². The maximum Gasteiger partial charge on any atom is 0.419 e. The fourth-order valence-corrected chi connectivity index (χ4v) is 3.64. The Labute approximate surface area is 187 Å². The molecule has 3 aromatic rings. The van der Waals surface area contributed by atoms with Gasteiger partial charge in [0.15, 0.2) is 11.3 Å². The lowest BCUT2D eigenvalue weighted by atomic mass is 10.0. The van der Waals surface area contributed by atoms with Crippen LogP contribution in [0.5, 0.6) is 5.75 Å². The summed E-state index contributed by atoms with van der Waals surface area (Å²) in [6.07, 6.45) is -4.63. The maximum absolute atomic E-state index is 13.2. The number of nitriles is 1. The molecule has 1 amide bonds. The van der Waals surface area contributed by atoms with Crippen LogP contribution in [-0.2, 0) is 6.18 Å². The Bertz CT molecular complexity index is 1310.